The quantitative estimate of drug-likeness (QED) is 0.909. The molecule has 0 unspecified atom stereocenters. The number of hydrogen-bond donors (Lipinski definition) is 1. The summed E-state index contributed by atoms with van der Waals surface area (Å²) in [5, 5.41) is 15.7. The summed E-state index contributed by atoms with van der Waals surface area (Å²) in [6, 6.07) is 4.27. The van der Waals surface area contributed by atoms with Crippen LogP contribution in [0.2, 0.25) is 0 Å². The van der Waals surface area contributed by atoms with E-state index >= 15 is 0 Å². The van der Waals surface area contributed by atoms with E-state index in [1.54, 1.807) is 13.0 Å². The van der Waals surface area contributed by atoms with Crippen molar-refractivity contribution in [1.29, 1.82) is 0 Å². The number of aromatic carboxylic acids is 1. The Morgan fingerprint density at radius 1 is 1.37 bits per heavy atom. The molecule has 1 aromatic carbocycles. The lowest BCUT2D eigenvalue weighted by atomic mass is 10.1. The molecule has 1 heterocycles. The summed E-state index contributed by atoms with van der Waals surface area (Å²) in [5.41, 5.74) is -0.688. The zero-order chi connectivity index (χ0) is 14.2. The topological polar surface area (TPSA) is 68.0 Å². The Bertz CT molecular complexity index is 634. The molecule has 100 valence electrons. The highest BCUT2D eigenvalue weighted by molar-refractivity contribution is 5.92. The van der Waals surface area contributed by atoms with Crippen LogP contribution in [0.5, 0.6) is 0 Å². The second-order valence-electron chi connectivity index (χ2n) is 3.84. The smallest absolute Gasteiger partial charge is 0.436 e. The molecule has 0 radical (unpaired) electrons. The van der Waals surface area contributed by atoms with Crippen LogP contribution in [0.1, 0.15) is 21.6 Å². The fraction of sp³-hybridized carbons (Fsp3) is 0.182. The fourth-order valence-electron chi connectivity index (χ4n) is 1.50. The molecule has 0 fully saturated rings. The third-order valence-corrected chi connectivity index (χ3v) is 2.38. The fourth-order valence-corrected chi connectivity index (χ4v) is 1.50. The number of carboxylic acid groups (broad SMARTS) is 1. The molecule has 0 saturated heterocycles. The van der Waals surface area contributed by atoms with Crippen LogP contribution in [0.25, 0.3) is 5.69 Å². The first-order valence-electron chi connectivity index (χ1n) is 5.13. The average Bonchev–Trinajstić information content (AvgIpc) is 2.77. The molecule has 2 rings (SSSR count). The van der Waals surface area contributed by atoms with Gasteiger partial charge in [-0.15, -0.1) is 5.10 Å². The summed E-state index contributed by atoms with van der Waals surface area (Å²) >= 11 is 0. The van der Waals surface area contributed by atoms with Gasteiger partial charge in [-0.05, 0) is 19.1 Å². The first kappa shape index (κ1) is 13.1. The van der Waals surface area contributed by atoms with Crippen LogP contribution >= 0.6 is 0 Å². The standard InChI is InChI=1S/C11H8F3N3O2/c1-6-2-3-8(7(4-6)10(18)19)17-15-5-9(16-17)11(12,13)14/h2-5H,1H3,(H,18,19). The van der Waals surface area contributed by atoms with Crippen molar-refractivity contribution in [2.45, 2.75) is 13.1 Å². The Labute approximate surface area is 105 Å². The molecule has 0 spiro atoms. The molecule has 0 saturated carbocycles. The van der Waals surface area contributed by atoms with Crippen LogP contribution in [-0.4, -0.2) is 26.1 Å². The predicted octanol–water partition coefficient (Wildman–Crippen LogP) is 2.29. The lowest BCUT2D eigenvalue weighted by Crippen LogP contribution is -2.10. The van der Waals surface area contributed by atoms with Gasteiger partial charge in [-0.1, -0.05) is 11.6 Å². The molecule has 0 amide bonds. The maximum Gasteiger partial charge on any atom is 0.436 e. The van der Waals surface area contributed by atoms with Gasteiger partial charge in [-0.3, -0.25) is 0 Å². The second-order valence-corrected chi connectivity index (χ2v) is 3.84. The van der Waals surface area contributed by atoms with Crippen molar-refractivity contribution < 1.29 is 23.1 Å². The second kappa shape index (κ2) is 4.38. The van der Waals surface area contributed by atoms with E-state index in [1.807, 2.05) is 0 Å². The minimum absolute atomic E-state index is 0.0198. The van der Waals surface area contributed by atoms with Crippen molar-refractivity contribution in [2.75, 3.05) is 0 Å². The number of carbonyl (C=O) groups is 1. The predicted molar refractivity (Wildman–Crippen MR) is 58.1 cm³/mol. The Kier molecular flexibility index (Phi) is 3.01. The maximum atomic E-state index is 12.4. The highest BCUT2D eigenvalue weighted by atomic mass is 19.4. The normalized spacial score (nSPS) is 11.6. The highest BCUT2D eigenvalue weighted by Gasteiger charge is 2.34. The SMILES string of the molecule is Cc1ccc(-n2ncc(C(F)(F)F)n2)c(C(=O)O)c1. The molecule has 0 aliphatic rings. The zero-order valence-corrected chi connectivity index (χ0v) is 9.64. The van der Waals surface area contributed by atoms with Crippen molar-refractivity contribution in [3.63, 3.8) is 0 Å². The average molecular weight is 271 g/mol. The number of aromatic nitrogens is 3. The molecule has 0 atom stereocenters. The van der Waals surface area contributed by atoms with Crippen molar-refractivity contribution in [1.82, 2.24) is 15.0 Å². The van der Waals surface area contributed by atoms with Gasteiger partial charge >= 0.3 is 12.1 Å². The van der Waals surface area contributed by atoms with Gasteiger partial charge in [0.05, 0.1) is 11.8 Å². The first-order chi connectivity index (χ1) is 8.79. The third kappa shape index (κ3) is 2.56. The van der Waals surface area contributed by atoms with Gasteiger partial charge in [0.25, 0.3) is 0 Å². The number of aryl methyl sites for hydroxylation is 1. The summed E-state index contributed by atoms with van der Waals surface area (Å²) in [6.07, 6.45) is -4.07. The van der Waals surface area contributed by atoms with Gasteiger partial charge < -0.3 is 5.11 Å². The molecular weight excluding hydrogens is 263 g/mol. The molecular formula is C11H8F3N3O2. The number of nitrogens with zero attached hydrogens (tertiary/aromatic N) is 3. The number of hydrogen-bond acceptors (Lipinski definition) is 3. The van der Waals surface area contributed by atoms with Gasteiger partial charge in [-0.25, -0.2) is 4.79 Å². The van der Waals surface area contributed by atoms with E-state index in [2.05, 4.69) is 10.2 Å². The number of rotatable bonds is 2. The van der Waals surface area contributed by atoms with Crippen molar-refractivity contribution in [3.8, 4) is 5.69 Å². The summed E-state index contributed by atoms with van der Waals surface area (Å²) in [6.45, 7) is 1.67. The molecule has 8 heteroatoms. The van der Waals surface area contributed by atoms with Crippen molar-refractivity contribution in [3.05, 3.63) is 41.2 Å². The number of carboxylic acids is 1. The summed E-state index contributed by atoms with van der Waals surface area (Å²) in [7, 11) is 0. The van der Waals surface area contributed by atoms with Gasteiger partial charge in [0, 0.05) is 0 Å². The monoisotopic (exact) mass is 271 g/mol. The number of benzene rings is 1. The molecule has 0 aliphatic carbocycles. The largest absolute Gasteiger partial charge is 0.478 e. The highest BCUT2D eigenvalue weighted by Crippen LogP contribution is 2.27. The van der Waals surface area contributed by atoms with Crippen LogP contribution in [0.15, 0.2) is 24.4 Å². The Hall–Kier alpha value is -2.38. The number of halogens is 3. The van der Waals surface area contributed by atoms with Crippen LogP contribution in [0.4, 0.5) is 13.2 Å². The molecule has 0 bridgehead atoms. The Morgan fingerprint density at radius 3 is 2.58 bits per heavy atom. The third-order valence-electron chi connectivity index (χ3n) is 2.38. The lowest BCUT2D eigenvalue weighted by Gasteiger charge is -2.06. The van der Waals surface area contributed by atoms with Gasteiger partial charge in [-0.2, -0.15) is 23.1 Å². The Balaban J connectivity index is 2.53. The molecule has 19 heavy (non-hydrogen) atoms. The molecule has 1 aromatic heterocycles. The molecule has 5 nitrogen and oxygen atoms in total. The molecule has 1 N–H and O–H groups in total. The molecule has 2 aromatic rings. The van der Waals surface area contributed by atoms with Crippen molar-refractivity contribution >= 4 is 5.97 Å². The Morgan fingerprint density at radius 2 is 2.05 bits per heavy atom. The van der Waals surface area contributed by atoms with Gasteiger partial charge in [0.15, 0.2) is 5.69 Å². The molecule has 0 aliphatic heterocycles. The minimum Gasteiger partial charge on any atom is -0.478 e. The zero-order valence-electron chi connectivity index (χ0n) is 9.64. The van der Waals surface area contributed by atoms with Crippen LogP contribution in [-0.2, 0) is 6.18 Å². The van der Waals surface area contributed by atoms with Gasteiger partial charge in [0.2, 0.25) is 0 Å². The van der Waals surface area contributed by atoms with Crippen LogP contribution in [0, 0.1) is 6.92 Å². The maximum absolute atomic E-state index is 12.4. The van der Waals surface area contributed by atoms with E-state index in [-0.39, 0.29) is 11.3 Å². The van der Waals surface area contributed by atoms with Crippen LogP contribution < -0.4 is 0 Å². The van der Waals surface area contributed by atoms with E-state index in [4.69, 9.17) is 5.11 Å². The van der Waals surface area contributed by atoms with E-state index in [9.17, 15) is 18.0 Å². The lowest BCUT2D eigenvalue weighted by molar-refractivity contribution is -0.141. The number of alkyl halides is 3. The first-order valence-corrected chi connectivity index (χ1v) is 5.13. The van der Waals surface area contributed by atoms with Gasteiger partial charge in [0.1, 0.15) is 5.69 Å². The summed E-state index contributed by atoms with van der Waals surface area (Å²) in [5.74, 6) is -1.26. The van der Waals surface area contributed by atoms with E-state index < -0.39 is 17.8 Å². The minimum atomic E-state index is -4.62. The van der Waals surface area contributed by atoms with Crippen LogP contribution in [0.3, 0.4) is 0 Å². The van der Waals surface area contributed by atoms with E-state index in [0.717, 1.165) is 0 Å². The van der Waals surface area contributed by atoms with E-state index in [1.165, 1.54) is 12.1 Å². The van der Waals surface area contributed by atoms with Crippen molar-refractivity contribution in [2.24, 2.45) is 0 Å². The summed E-state index contributed by atoms with van der Waals surface area (Å²) in [4.78, 5) is 11.7. The van der Waals surface area contributed by atoms with E-state index in [0.29, 0.717) is 16.6 Å². The summed E-state index contributed by atoms with van der Waals surface area (Å²) < 4.78 is 37.2.